The van der Waals surface area contributed by atoms with Crippen molar-refractivity contribution in [2.75, 3.05) is 33.2 Å². The SMILES string of the molecule is COCCOc1nc(N)c2nc(OC)n(Cc3cccc(CP(=O)(O)c4ccccc4)c3)c2n1. The lowest BCUT2D eigenvalue weighted by molar-refractivity contribution is 0.141. The maximum atomic E-state index is 12.9. The van der Waals surface area contributed by atoms with Crippen molar-refractivity contribution in [3.63, 3.8) is 0 Å². The van der Waals surface area contributed by atoms with Crippen molar-refractivity contribution in [2.45, 2.75) is 12.7 Å². The summed E-state index contributed by atoms with van der Waals surface area (Å²) in [4.78, 5) is 23.7. The average molecular weight is 483 g/mol. The fraction of sp³-hybridized carbons (Fsp3) is 0.261. The standard InChI is InChI=1S/C23H26N5O5P/c1-31-11-12-33-22-26-20(24)19-21(27-22)28(23(25-19)32-2)14-16-7-6-8-17(13-16)15-34(29,30)18-9-4-3-5-10-18/h3-10,13H,11-12,14-15H2,1-2H3,(H,29,30)(H2,24,26,27). The molecule has 0 aliphatic heterocycles. The lowest BCUT2D eigenvalue weighted by atomic mass is 10.1. The highest BCUT2D eigenvalue weighted by Crippen LogP contribution is 2.43. The molecule has 0 radical (unpaired) electrons. The van der Waals surface area contributed by atoms with Gasteiger partial charge >= 0.3 is 6.01 Å². The zero-order valence-electron chi connectivity index (χ0n) is 18.9. The van der Waals surface area contributed by atoms with Crippen LogP contribution in [-0.4, -0.2) is 51.8 Å². The molecule has 0 amide bonds. The summed E-state index contributed by atoms with van der Waals surface area (Å²) in [6, 6.07) is 16.6. The van der Waals surface area contributed by atoms with Gasteiger partial charge in [0, 0.05) is 12.4 Å². The zero-order valence-corrected chi connectivity index (χ0v) is 19.8. The number of nitrogens with zero attached hydrogens (tertiary/aromatic N) is 4. The molecule has 10 nitrogen and oxygen atoms in total. The highest BCUT2D eigenvalue weighted by atomic mass is 31.2. The van der Waals surface area contributed by atoms with Crippen molar-refractivity contribution in [1.29, 1.82) is 0 Å². The quantitative estimate of drug-likeness (QED) is 0.258. The average Bonchev–Trinajstić information content (AvgIpc) is 3.18. The first kappa shape index (κ1) is 23.7. The fourth-order valence-corrected chi connectivity index (χ4v) is 5.08. The third kappa shape index (κ3) is 5.20. The molecule has 0 spiro atoms. The lowest BCUT2D eigenvalue weighted by Crippen LogP contribution is -2.09. The Bertz CT molecular complexity index is 1330. The van der Waals surface area contributed by atoms with Crippen molar-refractivity contribution < 1.29 is 23.7 Å². The van der Waals surface area contributed by atoms with E-state index in [9.17, 15) is 9.46 Å². The Morgan fingerprint density at radius 2 is 1.76 bits per heavy atom. The summed E-state index contributed by atoms with van der Waals surface area (Å²) in [5.41, 5.74) is 8.57. The first-order valence-corrected chi connectivity index (χ1v) is 12.4. The van der Waals surface area contributed by atoms with Gasteiger partial charge in [0.2, 0.25) is 7.37 Å². The Kier molecular flexibility index (Phi) is 7.12. The minimum atomic E-state index is -3.55. The van der Waals surface area contributed by atoms with Gasteiger partial charge in [-0.3, -0.25) is 9.13 Å². The van der Waals surface area contributed by atoms with Gasteiger partial charge in [-0.25, -0.2) is 0 Å². The van der Waals surface area contributed by atoms with Crippen LogP contribution in [0.2, 0.25) is 0 Å². The van der Waals surface area contributed by atoms with Crippen molar-refractivity contribution in [2.24, 2.45) is 0 Å². The van der Waals surface area contributed by atoms with Crippen molar-refractivity contribution in [3.05, 3.63) is 65.7 Å². The maximum Gasteiger partial charge on any atom is 0.320 e. The van der Waals surface area contributed by atoms with Crippen molar-refractivity contribution in [3.8, 4) is 12.0 Å². The Morgan fingerprint density at radius 3 is 2.50 bits per heavy atom. The number of benzene rings is 2. The van der Waals surface area contributed by atoms with Gasteiger partial charge < -0.3 is 24.8 Å². The van der Waals surface area contributed by atoms with E-state index in [1.54, 1.807) is 35.9 Å². The molecule has 11 heteroatoms. The largest absolute Gasteiger partial charge is 0.468 e. The van der Waals surface area contributed by atoms with E-state index in [0.717, 1.165) is 11.1 Å². The van der Waals surface area contributed by atoms with Gasteiger partial charge in [0.05, 0.1) is 26.4 Å². The predicted octanol–water partition coefficient (Wildman–Crippen LogP) is 2.59. The number of hydrogen-bond acceptors (Lipinski definition) is 8. The van der Waals surface area contributed by atoms with Gasteiger partial charge in [0.25, 0.3) is 6.01 Å². The number of imidazole rings is 1. The van der Waals surface area contributed by atoms with E-state index in [0.29, 0.717) is 35.6 Å². The molecule has 1 unspecified atom stereocenters. The monoisotopic (exact) mass is 483 g/mol. The van der Waals surface area contributed by atoms with Crippen LogP contribution in [0.3, 0.4) is 0 Å². The summed E-state index contributed by atoms with van der Waals surface area (Å²) in [6.45, 7) is 1.01. The van der Waals surface area contributed by atoms with Crippen LogP contribution in [0.4, 0.5) is 5.82 Å². The first-order chi connectivity index (χ1) is 16.4. The van der Waals surface area contributed by atoms with E-state index >= 15 is 0 Å². The molecule has 2 aromatic carbocycles. The van der Waals surface area contributed by atoms with E-state index in [1.165, 1.54) is 7.11 Å². The number of ether oxygens (including phenoxy) is 3. The third-order valence-electron chi connectivity index (χ3n) is 5.16. The molecule has 0 fully saturated rings. The van der Waals surface area contributed by atoms with E-state index < -0.39 is 7.37 Å². The molecule has 0 aliphatic rings. The summed E-state index contributed by atoms with van der Waals surface area (Å²) in [6.07, 6.45) is 0.0271. The summed E-state index contributed by atoms with van der Waals surface area (Å²) in [5.74, 6) is 0.173. The predicted molar refractivity (Wildman–Crippen MR) is 129 cm³/mol. The Balaban J connectivity index is 1.64. The van der Waals surface area contributed by atoms with Gasteiger partial charge in [-0.1, -0.05) is 42.5 Å². The van der Waals surface area contributed by atoms with E-state index in [1.807, 2.05) is 30.3 Å². The summed E-state index contributed by atoms with van der Waals surface area (Å²) >= 11 is 0. The summed E-state index contributed by atoms with van der Waals surface area (Å²) in [5, 5.41) is 0.427. The number of methoxy groups -OCH3 is 2. The van der Waals surface area contributed by atoms with E-state index in [4.69, 9.17) is 19.9 Å². The minimum absolute atomic E-state index is 0.0271. The topological polar surface area (TPSA) is 135 Å². The molecule has 3 N–H and O–H groups in total. The van der Waals surface area contributed by atoms with Crippen molar-refractivity contribution in [1.82, 2.24) is 19.5 Å². The molecule has 1 atom stereocenters. The Morgan fingerprint density at radius 1 is 1.00 bits per heavy atom. The number of fused-ring (bicyclic) bond motifs is 1. The molecular formula is C23H26N5O5P. The van der Waals surface area contributed by atoms with Gasteiger partial charge in [0.1, 0.15) is 6.61 Å². The van der Waals surface area contributed by atoms with Crippen LogP contribution in [-0.2, 0) is 22.0 Å². The van der Waals surface area contributed by atoms with Gasteiger partial charge in [-0.05, 0) is 23.3 Å². The number of aromatic nitrogens is 4. The Labute approximate surface area is 196 Å². The lowest BCUT2D eigenvalue weighted by Gasteiger charge is -2.13. The molecule has 2 heterocycles. The molecule has 0 saturated heterocycles. The van der Waals surface area contributed by atoms with Crippen LogP contribution in [0, 0.1) is 0 Å². The molecule has 178 valence electrons. The number of nitrogen functional groups attached to an aromatic ring is 1. The molecule has 34 heavy (non-hydrogen) atoms. The Hall–Kier alpha value is -3.46. The number of rotatable bonds is 10. The molecule has 4 rings (SSSR count). The number of anilines is 1. The second-order valence-electron chi connectivity index (χ2n) is 7.60. The minimum Gasteiger partial charge on any atom is -0.468 e. The summed E-state index contributed by atoms with van der Waals surface area (Å²) in [7, 11) is -0.462. The smallest absolute Gasteiger partial charge is 0.320 e. The number of hydrogen-bond donors (Lipinski definition) is 2. The highest BCUT2D eigenvalue weighted by Gasteiger charge is 2.22. The maximum absolute atomic E-state index is 12.9. The summed E-state index contributed by atoms with van der Waals surface area (Å²) < 4.78 is 30.7. The molecule has 4 aromatic rings. The van der Waals surface area contributed by atoms with Crippen LogP contribution < -0.4 is 20.5 Å². The van der Waals surface area contributed by atoms with E-state index in [-0.39, 0.29) is 24.6 Å². The zero-order chi connectivity index (χ0) is 24.1. The molecular weight excluding hydrogens is 457 g/mol. The first-order valence-electron chi connectivity index (χ1n) is 10.6. The molecule has 0 bridgehead atoms. The van der Waals surface area contributed by atoms with Crippen LogP contribution in [0.25, 0.3) is 11.2 Å². The van der Waals surface area contributed by atoms with E-state index in [2.05, 4.69) is 15.0 Å². The third-order valence-corrected chi connectivity index (χ3v) is 7.05. The second-order valence-corrected chi connectivity index (χ2v) is 9.84. The van der Waals surface area contributed by atoms with Gasteiger partial charge in [0.15, 0.2) is 17.0 Å². The molecule has 0 saturated carbocycles. The van der Waals surface area contributed by atoms with Crippen LogP contribution in [0.1, 0.15) is 11.1 Å². The normalized spacial score (nSPS) is 13.0. The van der Waals surface area contributed by atoms with Gasteiger partial charge in [-0.2, -0.15) is 15.0 Å². The number of nitrogens with two attached hydrogens (primary N) is 1. The van der Waals surface area contributed by atoms with Gasteiger partial charge in [-0.15, -0.1) is 0 Å². The molecule has 2 aromatic heterocycles. The van der Waals surface area contributed by atoms with Crippen molar-refractivity contribution >= 4 is 29.7 Å². The van der Waals surface area contributed by atoms with Crippen LogP contribution in [0.5, 0.6) is 12.0 Å². The van der Waals surface area contributed by atoms with Crippen LogP contribution in [0.15, 0.2) is 54.6 Å². The van der Waals surface area contributed by atoms with Crippen LogP contribution >= 0.6 is 7.37 Å². The second kappa shape index (κ2) is 10.2. The molecule has 0 aliphatic carbocycles. The highest BCUT2D eigenvalue weighted by molar-refractivity contribution is 7.65. The fourth-order valence-electron chi connectivity index (χ4n) is 3.57.